The molecular formula is C27H38N6O3. The lowest BCUT2D eigenvalue weighted by atomic mass is 9.96. The molecule has 2 heterocycles. The van der Waals surface area contributed by atoms with Crippen LogP contribution in [0.4, 0.5) is 5.69 Å². The fourth-order valence-electron chi connectivity index (χ4n) is 4.86. The Labute approximate surface area is 213 Å². The number of amidine groups is 1. The number of carbonyl (C=O) groups excluding carboxylic acids is 1. The molecule has 194 valence electrons. The Morgan fingerprint density at radius 2 is 1.67 bits per heavy atom. The van der Waals surface area contributed by atoms with Crippen molar-refractivity contribution in [3.05, 3.63) is 53.1 Å². The van der Waals surface area contributed by atoms with Crippen LogP contribution in [0.3, 0.4) is 0 Å². The van der Waals surface area contributed by atoms with Gasteiger partial charge in [0.05, 0.1) is 0 Å². The third-order valence-corrected chi connectivity index (χ3v) is 6.98. The molecule has 2 aromatic rings. The lowest BCUT2D eigenvalue weighted by Gasteiger charge is -2.35. The second-order valence-electron chi connectivity index (χ2n) is 10.4. The number of hydrogen-bond donors (Lipinski definition) is 3. The van der Waals surface area contributed by atoms with Crippen molar-refractivity contribution in [2.24, 2.45) is 10.8 Å². The van der Waals surface area contributed by atoms with Crippen LogP contribution in [0.15, 0.2) is 41.5 Å². The van der Waals surface area contributed by atoms with Crippen molar-refractivity contribution in [3.8, 4) is 11.5 Å². The van der Waals surface area contributed by atoms with Crippen LogP contribution in [0.25, 0.3) is 0 Å². The number of hydrogen-bond acceptors (Lipinski definition) is 8. The zero-order valence-corrected chi connectivity index (χ0v) is 21.8. The summed E-state index contributed by atoms with van der Waals surface area (Å²) in [6.45, 7) is 13.0. The highest BCUT2D eigenvalue weighted by Gasteiger charge is 2.41. The number of likely N-dealkylation sites (N-methyl/N-ethyl adjacent to an activating group) is 1. The molecule has 2 aliphatic heterocycles. The van der Waals surface area contributed by atoms with Crippen molar-refractivity contribution < 1.29 is 15.0 Å². The topological polar surface area (TPSA) is 109 Å². The fraction of sp³-hybridized carbons (Fsp3) is 0.481. The molecule has 0 radical (unpaired) electrons. The highest BCUT2D eigenvalue weighted by molar-refractivity contribution is 6.43. The number of carbonyl (C=O) groups is 1. The van der Waals surface area contributed by atoms with Gasteiger partial charge in [-0.25, -0.2) is 0 Å². The van der Waals surface area contributed by atoms with Gasteiger partial charge >= 0.3 is 0 Å². The summed E-state index contributed by atoms with van der Waals surface area (Å²) in [7, 11) is 2.15. The number of primary amides is 1. The average molecular weight is 495 g/mol. The number of anilines is 1. The van der Waals surface area contributed by atoms with Crippen molar-refractivity contribution in [1.29, 1.82) is 0 Å². The summed E-state index contributed by atoms with van der Waals surface area (Å²) in [4.78, 5) is 19.1. The summed E-state index contributed by atoms with van der Waals surface area (Å²) >= 11 is 0. The molecule has 4 rings (SSSR count). The Morgan fingerprint density at radius 1 is 1.03 bits per heavy atom. The van der Waals surface area contributed by atoms with Crippen LogP contribution in [-0.4, -0.2) is 76.0 Å². The maximum absolute atomic E-state index is 12.5. The van der Waals surface area contributed by atoms with E-state index in [9.17, 15) is 15.0 Å². The van der Waals surface area contributed by atoms with Gasteiger partial charge in [-0.3, -0.25) is 19.6 Å². The zero-order chi connectivity index (χ0) is 26.1. The second-order valence-corrected chi connectivity index (χ2v) is 10.4. The van der Waals surface area contributed by atoms with Gasteiger partial charge in [0.2, 0.25) is 5.84 Å². The standard InChI is InChI=1S/C27H38N6O3/c1-17(2)21-14-22(24(35)15-23(21)34)27-32(26(25(28)36)29-33(27)18(3)4)20-8-6-19(7-9-20)16-31-12-10-30(5)11-13-31/h6-9,14-15,17-18,27,34-35H,10-13,16H2,1-5H3,(H2,28,36). The first-order valence-corrected chi connectivity index (χ1v) is 12.6. The predicted molar refractivity (Wildman–Crippen MR) is 142 cm³/mol. The number of nitrogens with zero attached hydrogens (tertiary/aromatic N) is 5. The Hall–Kier alpha value is -3.30. The predicted octanol–water partition coefficient (Wildman–Crippen LogP) is 3.00. The van der Waals surface area contributed by atoms with Gasteiger partial charge in [0.1, 0.15) is 11.5 Å². The van der Waals surface area contributed by atoms with Crippen LogP contribution in [0.5, 0.6) is 11.5 Å². The van der Waals surface area contributed by atoms with Crippen LogP contribution in [0, 0.1) is 0 Å². The van der Waals surface area contributed by atoms with E-state index in [-0.39, 0.29) is 29.3 Å². The van der Waals surface area contributed by atoms with E-state index in [1.54, 1.807) is 16.0 Å². The molecule has 36 heavy (non-hydrogen) atoms. The number of hydrazone groups is 1. The molecule has 9 nitrogen and oxygen atoms in total. The minimum absolute atomic E-state index is 0.0381. The Bertz CT molecular complexity index is 1120. The number of phenols is 2. The van der Waals surface area contributed by atoms with E-state index < -0.39 is 12.1 Å². The van der Waals surface area contributed by atoms with Crippen LogP contribution < -0.4 is 10.6 Å². The third-order valence-electron chi connectivity index (χ3n) is 6.98. The number of nitrogens with two attached hydrogens (primary N) is 1. The number of amides is 1. The molecule has 2 aliphatic rings. The molecule has 1 amide bonds. The molecular weight excluding hydrogens is 456 g/mol. The molecule has 0 aromatic heterocycles. The summed E-state index contributed by atoms with van der Waals surface area (Å²) in [5.41, 5.74) is 8.98. The number of rotatable bonds is 7. The summed E-state index contributed by atoms with van der Waals surface area (Å²) in [5.74, 6) is -0.524. The van der Waals surface area contributed by atoms with E-state index in [1.807, 2.05) is 39.8 Å². The lowest BCUT2D eigenvalue weighted by molar-refractivity contribution is -0.112. The van der Waals surface area contributed by atoms with Crippen LogP contribution in [0.2, 0.25) is 0 Å². The number of piperazine rings is 1. The van der Waals surface area contributed by atoms with Crippen molar-refractivity contribution in [2.75, 3.05) is 38.1 Å². The SMILES string of the molecule is CC(C)c1cc(C2N(c3ccc(CN4CCN(C)CC4)cc3)C(C(N)=O)=NN2C(C)C)c(O)cc1O. The van der Waals surface area contributed by atoms with Crippen LogP contribution in [-0.2, 0) is 11.3 Å². The van der Waals surface area contributed by atoms with E-state index in [0.717, 1.165) is 38.4 Å². The first-order valence-electron chi connectivity index (χ1n) is 12.6. The molecule has 9 heteroatoms. The van der Waals surface area contributed by atoms with Crippen molar-refractivity contribution in [1.82, 2.24) is 14.8 Å². The second kappa shape index (κ2) is 10.4. The molecule has 2 aromatic carbocycles. The molecule has 1 atom stereocenters. The Balaban J connectivity index is 1.71. The first-order chi connectivity index (χ1) is 17.1. The number of aromatic hydroxyl groups is 2. The van der Waals surface area contributed by atoms with Gasteiger partial charge in [-0.15, -0.1) is 0 Å². The molecule has 1 fully saturated rings. The van der Waals surface area contributed by atoms with Crippen LogP contribution in [0.1, 0.15) is 56.5 Å². The molecule has 0 bridgehead atoms. The summed E-state index contributed by atoms with van der Waals surface area (Å²) in [5, 5.41) is 27.7. The fourth-order valence-corrected chi connectivity index (χ4v) is 4.86. The van der Waals surface area contributed by atoms with Gasteiger partial charge in [0.25, 0.3) is 5.91 Å². The van der Waals surface area contributed by atoms with E-state index >= 15 is 0 Å². The quantitative estimate of drug-likeness (QED) is 0.543. The highest BCUT2D eigenvalue weighted by Crippen LogP contribution is 2.43. The lowest BCUT2D eigenvalue weighted by Crippen LogP contribution is -2.43. The summed E-state index contributed by atoms with van der Waals surface area (Å²) < 4.78 is 0. The Kier molecular flexibility index (Phi) is 7.42. The van der Waals surface area contributed by atoms with Crippen LogP contribution >= 0.6 is 0 Å². The first kappa shape index (κ1) is 25.8. The number of benzene rings is 2. The third kappa shape index (κ3) is 5.12. The molecule has 1 saturated heterocycles. The zero-order valence-electron chi connectivity index (χ0n) is 21.8. The molecule has 0 aliphatic carbocycles. The van der Waals surface area contributed by atoms with E-state index in [1.165, 1.54) is 11.6 Å². The maximum atomic E-state index is 12.5. The van der Waals surface area contributed by atoms with Gasteiger partial charge in [-0.05, 0) is 56.1 Å². The summed E-state index contributed by atoms with van der Waals surface area (Å²) in [6.07, 6.45) is -0.603. The van der Waals surface area contributed by atoms with Gasteiger partial charge in [0, 0.05) is 56.1 Å². The minimum atomic E-state index is -0.646. The maximum Gasteiger partial charge on any atom is 0.286 e. The van der Waals surface area contributed by atoms with Gasteiger partial charge < -0.3 is 20.8 Å². The smallest absolute Gasteiger partial charge is 0.286 e. The van der Waals surface area contributed by atoms with Gasteiger partial charge in [-0.1, -0.05) is 26.0 Å². The van der Waals surface area contributed by atoms with E-state index in [2.05, 4.69) is 34.1 Å². The average Bonchev–Trinajstić information content (AvgIpc) is 3.22. The molecule has 4 N–H and O–H groups in total. The normalized spacial score (nSPS) is 19.4. The molecule has 0 saturated carbocycles. The largest absolute Gasteiger partial charge is 0.508 e. The molecule has 0 spiro atoms. The van der Waals surface area contributed by atoms with Gasteiger partial charge in [0.15, 0.2) is 6.17 Å². The minimum Gasteiger partial charge on any atom is -0.508 e. The Morgan fingerprint density at radius 3 is 2.22 bits per heavy atom. The highest BCUT2D eigenvalue weighted by atomic mass is 16.3. The van der Waals surface area contributed by atoms with Gasteiger partial charge in [-0.2, -0.15) is 5.10 Å². The van der Waals surface area contributed by atoms with Crippen molar-refractivity contribution in [2.45, 2.75) is 52.4 Å². The monoisotopic (exact) mass is 494 g/mol. The number of phenolic OH excluding ortho intramolecular Hbond substituents is 2. The molecule has 1 unspecified atom stereocenters. The van der Waals surface area contributed by atoms with E-state index in [4.69, 9.17) is 5.73 Å². The van der Waals surface area contributed by atoms with Crippen molar-refractivity contribution >= 4 is 17.4 Å². The van der Waals surface area contributed by atoms with E-state index in [0.29, 0.717) is 11.1 Å². The summed E-state index contributed by atoms with van der Waals surface area (Å²) in [6, 6.07) is 11.2. The van der Waals surface area contributed by atoms with Crippen molar-refractivity contribution in [3.63, 3.8) is 0 Å².